The van der Waals surface area contributed by atoms with E-state index in [0.29, 0.717) is 18.5 Å². The molecule has 2 aromatic carbocycles. The van der Waals surface area contributed by atoms with Gasteiger partial charge in [0.1, 0.15) is 5.60 Å². The maximum Gasteiger partial charge on any atom is 0.308 e. The lowest BCUT2D eigenvalue weighted by atomic mass is 9.93. The van der Waals surface area contributed by atoms with Gasteiger partial charge >= 0.3 is 5.97 Å². The molecule has 0 N–H and O–H groups in total. The van der Waals surface area contributed by atoms with E-state index in [1.807, 2.05) is 20.8 Å². The van der Waals surface area contributed by atoms with Gasteiger partial charge in [-0.2, -0.15) is 0 Å². The number of hydrogen-bond acceptors (Lipinski definition) is 3. The van der Waals surface area contributed by atoms with Crippen LogP contribution in [0.2, 0.25) is 0 Å². The van der Waals surface area contributed by atoms with Crippen LogP contribution in [0.4, 0.5) is 0 Å². The highest BCUT2D eigenvalue weighted by Gasteiger charge is 2.30. The smallest absolute Gasteiger partial charge is 0.308 e. The van der Waals surface area contributed by atoms with Crippen molar-refractivity contribution >= 4 is 16.7 Å². The fourth-order valence-electron chi connectivity index (χ4n) is 3.77. The molecular weight excluding hydrogens is 322 g/mol. The molecule has 1 atom stereocenters. The van der Waals surface area contributed by atoms with Gasteiger partial charge in [0.05, 0.1) is 6.42 Å². The van der Waals surface area contributed by atoms with Crippen LogP contribution in [0, 0.1) is 0 Å². The third kappa shape index (κ3) is 5.07. The fourth-order valence-corrected chi connectivity index (χ4v) is 3.77. The average Bonchev–Trinajstić information content (AvgIpc) is 2.51. The van der Waals surface area contributed by atoms with E-state index in [-0.39, 0.29) is 12.0 Å². The molecule has 142 valence electrons. The molecule has 26 heavy (non-hydrogen) atoms. The lowest BCUT2D eigenvalue weighted by Crippen LogP contribution is -2.41. The van der Waals surface area contributed by atoms with Gasteiger partial charge < -0.3 is 4.74 Å². The molecule has 0 unspecified atom stereocenters. The van der Waals surface area contributed by atoms with Crippen LogP contribution >= 0.6 is 0 Å². The summed E-state index contributed by atoms with van der Waals surface area (Å²) in [5.41, 5.74) is 0.720. The molecule has 0 spiro atoms. The molecular formula is C23H33NO2. The van der Waals surface area contributed by atoms with Crippen molar-refractivity contribution in [2.45, 2.75) is 78.6 Å². The van der Waals surface area contributed by atoms with Crippen molar-refractivity contribution in [2.24, 2.45) is 0 Å². The van der Waals surface area contributed by atoms with E-state index in [9.17, 15) is 4.79 Å². The number of benzene rings is 2. The minimum absolute atomic E-state index is 0.0176. The Morgan fingerprint density at radius 3 is 2.12 bits per heavy atom. The summed E-state index contributed by atoms with van der Waals surface area (Å²) in [7, 11) is 0. The van der Waals surface area contributed by atoms with E-state index < -0.39 is 5.60 Å². The van der Waals surface area contributed by atoms with Crippen molar-refractivity contribution in [1.82, 2.24) is 4.90 Å². The van der Waals surface area contributed by atoms with E-state index in [1.54, 1.807) is 0 Å². The summed E-state index contributed by atoms with van der Waals surface area (Å²) in [6.45, 7) is 14.5. The predicted octanol–water partition coefficient (Wildman–Crippen LogP) is 5.73. The molecule has 0 fully saturated rings. The second-order valence-electron chi connectivity index (χ2n) is 8.51. The van der Waals surface area contributed by atoms with Gasteiger partial charge in [-0.1, -0.05) is 42.5 Å². The van der Waals surface area contributed by atoms with E-state index in [1.165, 1.54) is 16.3 Å². The second-order valence-corrected chi connectivity index (χ2v) is 8.51. The molecule has 0 saturated carbocycles. The molecule has 0 aromatic heterocycles. The first-order valence-corrected chi connectivity index (χ1v) is 9.57. The lowest BCUT2D eigenvalue weighted by Gasteiger charge is -2.39. The Morgan fingerprint density at radius 2 is 1.54 bits per heavy atom. The van der Waals surface area contributed by atoms with Crippen LogP contribution in [-0.4, -0.2) is 28.6 Å². The van der Waals surface area contributed by atoms with Crippen LogP contribution in [0.15, 0.2) is 42.5 Å². The number of fused-ring (bicyclic) bond motifs is 1. The number of esters is 1. The quantitative estimate of drug-likeness (QED) is 0.620. The highest BCUT2D eigenvalue weighted by atomic mass is 16.6. The number of ether oxygens (including phenoxy) is 1. The maximum absolute atomic E-state index is 12.7. The van der Waals surface area contributed by atoms with Gasteiger partial charge in [-0.25, -0.2) is 0 Å². The molecule has 3 heteroatoms. The van der Waals surface area contributed by atoms with Gasteiger partial charge in [-0.3, -0.25) is 9.69 Å². The summed E-state index contributed by atoms with van der Waals surface area (Å²) < 4.78 is 5.65. The topological polar surface area (TPSA) is 29.5 Å². The monoisotopic (exact) mass is 355 g/mol. The molecule has 2 rings (SSSR count). The molecule has 0 aliphatic carbocycles. The molecule has 0 amide bonds. The van der Waals surface area contributed by atoms with Crippen molar-refractivity contribution in [3.63, 3.8) is 0 Å². The Hall–Kier alpha value is -1.87. The number of carbonyl (C=O) groups excluding carboxylic acids is 1. The number of hydrogen-bond donors (Lipinski definition) is 0. The first-order chi connectivity index (χ1) is 12.1. The summed E-state index contributed by atoms with van der Waals surface area (Å²) in [4.78, 5) is 15.1. The van der Waals surface area contributed by atoms with E-state index >= 15 is 0 Å². The Morgan fingerprint density at radius 1 is 0.962 bits per heavy atom. The largest absolute Gasteiger partial charge is 0.460 e. The zero-order valence-corrected chi connectivity index (χ0v) is 17.2. The minimum Gasteiger partial charge on any atom is -0.460 e. The standard InChI is InChI=1S/C23H33NO2/c1-16(2)24(17(3)4)21(15-22(25)26-23(5,6)7)20-14-10-12-18-11-8-9-13-19(18)20/h8-14,16-17,21H,15H2,1-7H3/t21-/m1/s1. The van der Waals surface area contributed by atoms with E-state index in [4.69, 9.17) is 4.74 Å². The van der Waals surface area contributed by atoms with Gasteiger partial charge in [0.2, 0.25) is 0 Å². The van der Waals surface area contributed by atoms with Crippen molar-refractivity contribution in [3.8, 4) is 0 Å². The minimum atomic E-state index is -0.471. The Labute approximate surface area is 158 Å². The summed E-state index contributed by atoms with van der Waals surface area (Å²) in [5, 5.41) is 2.40. The number of carbonyl (C=O) groups is 1. The molecule has 0 bridgehead atoms. The molecule has 3 nitrogen and oxygen atoms in total. The van der Waals surface area contributed by atoms with Crippen molar-refractivity contribution in [1.29, 1.82) is 0 Å². The van der Waals surface area contributed by atoms with Crippen LogP contribution in [0.1, 0.15) is 66.5 Å². The fraction of sp³-hybridized carbons (Fsp3) is 0.522. The van der Waals surface area contributed by atoms with Gasteiger partial charge in [0.15, 0.2) is 0 Å². The summed E-state index contributed by atoms with van der Waals surface area (Å²) in [6.07, 6.45) is 0.349. The Bertz CT molecular complexity index is 730. The van der Waals surface area contributed by atoms with Crippen LogP contribution in [-0.2, 0) is 9.53 Å². The normalized spacial score (nSPS) is 13.6. The van der Waals surface area contributed by atoms with E-state index in [2.05, 4.69) is 75.1 Å². The van der Waals surface area contributed by atoms with Crippen LogP contribution < -0.4 is 0 Å². The SMILES string of the molecule is CC(C)N(C(C)C)[C@H](CC(=O)OC(C)(C)C)c1cccc2ccccc12. The summed E-state index contributed by atoms with van der Waals surface area (Å²) >= 11 is 0. The van der Waals surface area contributed by atoms with Gasteiger partial charge in [0.25, 0.3) is 0 Å². The van der Waals surface area contributed by atoms with Crippen molar-refractivity contribution in [2.75, 3.05) is 0 Å². The maximum atomic E-state index is 12.7. The number of nitrogens with zero attached hydrogens (tertiary/aromatic N) is 1. The Kier molecular flexibility index (Phi) is 6.46. The first kappa shape index (κ1) is 20.4. The Balaban J connectivity index is 2.50. The zero-order chi connectivity index (χ0) is 19.5. The summed E-state index contributed by atoms with van der Waals surface area (Å²) in [6, 6.07) is 15.4. The lowest BCUT2D eigenvalue weighted by molar-refractivity contribution is -0.156. The molecule has 0 heterocycles. The first-order valence-electron chi connectivity index (χ1n) is 9.57. The highest BCUT2D eigenvalue weighted by molar-refractivity contribution is 5.86. The highest BCUT2D eigenvalue weighted by Crippen LogP contribution is 2.34. The molecule has 0 radical (unpaired) electrons. The third-order valence-electron chi connectivity index (χ3n) is 4.51. The van der Waals surface area contributed by atoms with Crippen molar-refractivity contribution in [3.05, 3.63) is 48.0 Å². The van der Waals surface area contributed by atoms with Crippen LogP contribution in [0.25, 0.3) is 10.8 Å². The molecule has 0 aliphatic rings. The summed E-state index contributed by atoms with van der Waals surface area (Å²) in [5.74, 6) is -0.151. The van der Waals surface area contributed by atoms with Crippen LogP contribution in [0.3, 0.4) is 0 Å². The van der Waals surface area contributed by atoms with Gasteiger partial charge in [0, 0.05) is 18.1 Å². The van der Waals surface area contributed by atoms with Crippen molar-refractivity contribution < 1.29 is 9.53 Å². The molecule has 2 aromatic rings. The van der Waals surface area contributed by atoms with Crippen LogP contribution in [0.5, 0.6) is 0 Å². The average molecular weight is 356 g/mol. The van der Waals surface area contributed by atoms with Gasteiger partial charge in [-0.15, -0.1) is 0 Å². The van der Waals surface area contributed by atoms with E-state index in [0.717, 1.165) is 0 Å². The zero-order valence-electron chi connectivity index (χ0n) is 17.2. The second kappa shape index (κ2) is 8.22. The number of rotatable bonds is 6. The third-order valence-corrected chi connectivity index (χ3v) is 4.51. The molecule has 0 aliphatic heterocycles. The van der Waals surface area contributed by atoms with Gasteiger partial charge in [-0.05, 0) is 64.8 Å². The molecule has 0 saturated heterocycles. The predicted molar refractivity (Wildman–Crippen MR) is 109 cm³/mol.